The summed E-state index contributed by atoms with van der Waals surface area (Å²) in [4.78, 5) is 21.9. The first kappa shape index (κ1) is 16.7. The molecule has 0 atom stereocenters. The van der Waals surface area contributed by atoms with E-state index in [1.165, 1.54) is 13.2 Å². The number of benzene rings is 1. The summed E-state index contributed by atoms with van der Waals surface area (Å²) >= 11 is 0. The monoisotopic (exact) mass is 293 g/mol. The lowest BCUT2D eigenvalue weighted by molar-refractivity contribution is -0.385. The zero-order chi connectivity index (χ0) is 16.0. The zero-order valence-electron chi connectivity index (χ0n) is 12.6. The molecule has 0 radical (unpaired) electrons. The van der Waals surface area contributed by atoms with Crippen molar-refractivity contribution in [3.63, 3.8) is 0 Å². The molecule has 0 saturated heterocycles. The summed E-state index contributed by atoms with van der Waals surface area (Å²) in [6.07, 6.45) is 2.15. The molecule has 0 N–H and O–H groups in total. The lowest BCUT2D eigenvalue weighted by atomic mass is 10.1. The first-order valence-corrected chi connectivity index (χ1v) is 6.56. The zero-order valence-corrected chi connectivity index (χ0v) is 12.6. The van der Waals surface area contributed by atoms with E-state index in [0.29, 0.717) is 23.3 Å². The van der Waals surface area contributed by atoms with Crippen LogP contribution in [0.15, 0.2) is 23.8 Å². The Balaban J connectivity index is 2.89. The fourth-order valence-electron chi connectivity index (χ4n) is 1.91. The minimum atomic E-state index is -0.441. The highest BCUT2D eigenvalue weighted by atomic mass is 16.6. The maximum atomic E-state index is 11.4. The van der Waals surface area contributed by atoms with E-state index in [9.17, 15) is 14.9 Å². The van der Waals surface area contributed by atoms with Gasteiger partial charge in [-0.3, -0.25) is 10.1 Å². The van der Waals surface area contributed by atoms with Gasteiger partial charge in [0.2, 0.25) is 0 Å². The van der Waals surface area contributed by atoms with Crippen molar-refractivity contribution < 1.29 is 19.2 Å². The molecular formula is C15H19NO5. The van der Waals surface area contributed by atoms with E-state index in [0.717, 1.165) is 5.56 Å². The minimum absolute atomic E-state index is 0.0169. The van der Waals surface area contributed by atoms with E-state index in [4.69, 9.17) is 4.74 Å². The van der Waals surface area contributed by atoms with Gasteiger partial charge < -0.3 is 9.47 Å². The van der Waals surface area contributed by atoms with Crippen LogP contribution in [0.4, 0.5) is 5.69 Å². The molecule has 0 aliphatic rings. The number of hydrogen-bond donors (Lipinski definition) is 0. The van der Waals surface area contributed by atoms with Gasteiger partial charge in [-0.15, -0.1) is 0 Å². The Morgan fingerprint density at radius 2 is 2.00 bits per heavy atom. The topological polar surface area (TPSA) is 78.7 Å². The van der Waals surface area contributed by atoms with Gasteiger partial charge in [0.15, 0.2) is 0 Å². The molecule has 1 aromatic rings. The van der Waals surface area contributed by atoms with Crippen LogP contribution in [0.3, 0.4) is 0 Å². The summed E-state index contributed by atoms with van der Waals surface area (Å²) in [5, 5.41) is 10.9. The second-order valence-corrected chi connectivity index (χ2v) is 4.55. The summed E-state index contributed by atoms with van der Waals surface area (Å²) in [5.74, 6) is 0.0385. The van der Waals surface area contributed by atoms with Crippen molar-refractivity contribution >= 4 is 11.7 Å². The van der Waals surface area contributed by atoms with E-state index in [1.807, 2.05) is 13.8 Å². The van der Waals surface area contributed by atoms with Crippen LogP contribution in [0.1, 0.15) is 24.5 Å². The van der Waals surface area contributed by atoms with Crippen molar-refractivity contribution in [1.82, 2.24) is 0 Å². The predicted octanol–water partition coefficient (Wildman–Crippen LogP) is 3.10. The van der Waals surface area contributed by atoms with Crippen molar-refractivity contribution in [3.8, 4) is 5.75 Å². The minimum Gasteiger partial charge on any atom is -0.489 e. The molecule has 6 heteroatoms. The van der Waals surface area contributed by atoms with Crippen molar-refractivity contribution in [2.75, 3.05) is 13.7 Å². The molecule has 0 saturated carbocycles. The summed E-state index contributed by atoms with van der Waals surface area (Å²) < 4.78 is 10.2. The molecule has 0 bridgehead atoms. The normalized spacial score (nSPS) is 11.1. The number of nitro groups is 1. The molecule has 6 nitrogen and oxygen atoms in total. The predicted molar refractivity (Wildman–Crippen MR) is 78.5 cm³/mol. The van der Waals surface area contributed by atoms with Crippen molar-refractivity contribution in [1.29, 1.82) is 0 Å². The number of esters is 1. The number of aryl methyl sites for hydroxylation is 2. The Bertz CT molecular complexity index is 578. The number of hydrogen-bond acceptors (Lipinski definition) is 5. The highest BCUT2D eigenvalue weighted by Gasteiger charge is 2.14. The lowest BCUT2D eigenvalue weighted by Crippen LogP contribution is -2.06. The number of carbonyl (C=O) groups excluding carboxylic acids is 1. The number of carbonyl (C=O) groups is 1. The lowest BCUT2D eigenvalue weighted by Gasteiger charge is -2.09. The Morgan fingerprint density at radius 3 is 2.52 bits per heavy atom. The second kappa shape index (κ2) is 7.42. The summed E-state index contributed by atoms with van der Waals surface area (Å²) in [6.45, 7) is 5.49. The smallest absolute Gasteiger partial charge is 0.333 e. The molecule has 0 heterocycles. The van der Waals surface area contributed by atoms with Crippen LogP contribution in [-0.4, -0.2) is 24.6 Å². The van der Waals surface area contributed by atoms with E-state index in [2.05, 4.69) is 4.74 Å². The standard InChI is InChI=1S/C15H19NO5/c1-5-12(15(17)20-4)6-7-21-14-9-13(16(18)19)10(2)8-11(14)3/h6,8-9H,5,7H2,1-4H3/b12-6-. The largest absolute Gasteiger partial charge is 0.489 e. The fraction of sp³-hybridized carbons (Fsp3) is 0.400. The number of nitrogens with zero attached hydrogens (tertiary/aromatic N) is 1. The molecule has 0 amide bonds. The Morgan fingerprint density at radius 1 is 1.33 bits per heavy atom. The van der Waals surface area contributed by atoms with Gasteiger partial charge in [-0.1, -0.05) is 6.92 Å². The van der Waals surface area contributed by atoms with Crippen LogP contribution in [0.2, 0.25) is 0 Å². The number of methoxy groups -OCH3 is 1. The van der Waals surface area contributed by atoms with Gasteiger partial charge in [0.05, 0.1) is 18.1 Å². The third-order valence-electron chi connectivity index (χ3n) is 3.09. The van der Waals surface area contributed by atoms with Crippen LogP contribution in [0.5, 0.6) is 5.75 Å². The number of rotatable bonds is 6. The van der Waals surface area contributed by atoms with Crippen molar-refractivity contribution in [2.24, 2.45) is 0 Å². The maximum Gasteiger partial charge on any atom is 0.333 e. The van der Waals surface area contributed by atoms with Crippen molar-refractivity contribution in [3.05, 3.63) is 45.0 Å². The van der Waals surface area contributed by atoms with Crippen LogP contribution in [-0.2, 0) is 9.53 Å². The van der Waals surface area contributed by atoms with Gasteiger partial charge in [-0.2, -0.15) is 0 Å². The highest BCUT2D eigenvalue weighted by Crippen LogP contribution is 2.28. The molecule has 1 rings (SSSR count). The average Bonchev–Trinajstić information content (AvgIpc) is 2.44. The first-order chi connectivity index (χ1) is 9.90. The highest BCUT2D eigenvalue weighted by molar-refractivity contribution is 5.88. The average molecular weight is 293 g/mol. The summed E-state index contributed by atoms with van der Waals surface area (Å²) in [6, 6.07) is 3.11. The van der Waals surface area contributed by atoms with E-state index in [-0.39, 0.29) is 12.3 Å². The molecule has 0 unspecified atom stereocenters. The Kier molecular flexibility index (Phi) is 5.90. The second-order valence-electron chi connectivity index (χ2n) is 4.55. The van der Waals surface area contributed by atoms with Gasteiger partial charge in [-0.25, -0.2) is 4.79 Å². The SMILES string of the molecule is CC/C(=C/COc1cc([N+](=O)[O-])c(C)cc1C)C(=O)OC. The molecule has 0 aliphatic heterocycles. The van der Waals surface area contributed by atoms with E-state index < -0.39 is 10.9 Å². The van der Waals surface area contributed by atoms with Crippen LogP contribution in [0, 0.1) is 24.0 Å². The molecular weight excluding hydrogens is 274 g/mol. The Hall–Kier alpha value is -2.37. The third kappa shape index (κ3) is 4.30. The van der Waals surface area contributed by atoms with Crippen molar-refractivity contribution in [2.45, 2.75) is 27.2 Å². The summed E-state index contributed by atoms with van der Waals surface area (Å²) in [7, 11) is 1.32. The number of nitro benzene ring substituents is 1. The first-order valence-electron chi connectivity index (χ1n) is 6.56. The van der Waals surface area contributed by atoms with Crippen LogP contribution < -0.4 is 4.74 Å². The van der Waals surface area contributed by atoms with Gasteiger partial charge in [0, 0.05) is 11.1 Å². The van der Waals surface area contributed by atoms with Gasteiger partial charge in [0.1, 0.15) is 12.4 Å². The quantitative estimate of drug-likeness (QED) is 0.348. The molecule has 21 heavy (non-hydrogen) atoms. The van der Waals surface area contributed by atoms with Crippen LogP contribution >= 0.6 is 0 Å². The van der Waals surface area contributed by atoms with E-state index in [1.54, 1.807) is 19.1 Å². The fourth-order valence-corrected chi connectivity index (χ4v) is 1.91. The molecule has 114 valence electrons. The molecule has 0 aromatic heterocycles. The molecule has 0 aliphatic carbocycles. The molecule has 0 fully saturated rings. The van der Waals surface area contributed by atoms with Crippen LogP contribution in [0.25, 0.3) is 0 Å². The molecule has 0 spiro atoms. The Labute approximate surface area is 123 Å². The van der Waals surface area contributed by atoms with Gasteiger partial charge >= 0.3 is 5.97 Å². The third-order valence-corrected chi connectivity index (χ3v) is 3.09. The maximum absolute atomic E-state index is 11.4. The van der Waals surface area contributed by atoms with E-state index >= 15 is 0 Å². The number of ether oxygens (including phenoxy) is 2. The molecule has 1 aromatic carbocycles. The summed E-state index contributed by atoms with van der Waals surface area (Å²) in [5.41, 5.74) is 1.92. The van der Waals surface area contributed by atoms with Gasteiger partial charge in [0.25, 0.3) is 5.69 Å². The van der Waals surface area contributed by atoms with Gasteiger partial charge in [-0.05, 0) is 38.0 Å².